The van der Waals surface area contributed by atoms with Crippen molar-refractivity contribution in [3.05, 3.63) is 39.4 Å². The van der Waals surface area contributed by atoms with E-state index < -0.39 is 14.8 Å². The summed E-state index contributed by atoms with van der Waals surface area (Å²) in [6.45, 7) is 1.66. The molecule has 1 aromatic rings. The monoisotopic (exact) mass is 338 g/mol. The number of sulfone groups is 1. The molecule has 0 aromatic heterocycles. The van der Waals surface area contributed by atoms with Crippen LogP contribution in [0.4, 0.5) is 5.69 Å². The van der Waals surface area contributed by atoms with Crippen molar-refractivity contribution in [2.45, 2.75) is 38.3 Å². The van der Waals surface area contributed by atoms with Crippen molar-refractivity contribution in [2.75, 3.05) is 11.5 Å². The van der Waals surface area contributed by atoms with Crippen LogP contribution in [0.2, 0.25) is 0 Å². The molecule has 0 bridgehead atoms. The number of carbonyl (C=O) groups is 1. The van der Waals surface area contributed by atoms with Crippen molar-refractivity contribution >= 4 is 21.4 Å². The standard InChI is InChI=1S/C15H18N2O5S/c1-10-8-12(17(19)20)4-5-14(10)15(18)16(11-2-3-11)13-6-7-23(21,22)9-13/h4-5,8,11,13H,2-3,6-7,9H2,1H3. The van der Waals surface area contributed by atoms with E-state index in [1.54, 1.807) is 11.8 Å². The fourth-order valence-corrected chi connectivity index (χ4v) is 4.83. The molecule has 1 heterocycles. The lowest BCUT2D eigenvalue weighted by Gasteiger charge is -2.29. The van der Waals surface area contributed by atoms with Crippen molar-refractivity contribution in [1.82, 2.24) is 4.90 Å². The van der Waals surface area contributed by atoms with Crippen molar-refractivity contribution in [1.29, 1.82) is 0 Å². The molecule has 1 saturated heterocycles. The summed E-state index contributed by atoms with van der Waals surface area (Å²) in [5.74, 6) is -0.0868. The molecular weight excluding hydrogens is 320 g/mol. The third-order valence-electron chi connectivity index (χ3n) is 4.43. The van der Waals surface area contributed by atoms with Gasteiger partial charge in [0.05, 0.1) is 16.4 Å². The molecule has 1 aromatic carbocycles. The van der Waals surface area contributed by atoms with Gasteiger partial charge in [-0.3, -0.25) is 14.9 Å². The van der Waals surface area contributed by atoms with E-state index in [0.29, 0.717) is 17.5 Å². The Bertz CT molecular complexity index is 770. The van der Waals surface area contributed by atoms with E-state index in [4.69, 9.17) is 0 Å². The van der Waals surface area contributed by atoms with Gasteiger partial charge in [0, 0.05) is 29.8 Å². The van der Waals surface area contributed by atoms with Crippen LogP contribution in [0.5, 0.6) is 0 Å². The number of benzene rings is 1. The van der Waals surface area contributed by atoms with E-state index >= 15 is 0 Å². The van der Waals surface area contributed by atoms with Gasteiger partial charge in [-0.05, 0) is 37.8 Å². The maximum atomic E-state index is 12.9. The van der Waals surface area contributed by atoms with Crippen molar-refractivity contribution < 1.29 is 18.1 Å². The first-order valence-corrected chi connectivity index (χ1v) is 9.39. The third kappa shape index (κ3) is 3.21. The van der Waals surface area contributed by atoms with Gasteiger partial charge in [0.25, 0.3) is 11.6 Å². The van der Waals surface area contributed by atoms with Crippen LogP contribution in [0, 0.1) is 17.0 Å². The second-order valence-electron chi connectivity index (χ2n) is 6.26. The number of rotatable bonds is 4. The zero-order valence-electron chi connectivity index (χ0n) is 12.8. The average Bonchev–Trinajstić information content (AvgIpc) is 3.22. The highest BCUT2D eigenvalue weighted by Crippen LogP contribution is 2.34. The van der Waals surface area contributed by atoms with Gasteiger partial charge in [0.15, 0.2) is 9.84 Å². The molecule has 1 unspecified atom stereocenters. The second kappa shape index (κ2) is 5.59. The molecule has 1 atom stereocenters. The Morgan fingerprint density at radius 3 is 2.43 bits per heavy atom. The quantitative estimate of drug-likeness (QED) is 0.615. The van der Waals surface area contributed by atoms with Gasteiger partial charge in [-0.1, -0.05) is 0 Å². The molecule has 124 valence electrons. The summed E-state index contributed by atoms with van der Waals surface area (Å²) in [6.07, 6.45) is 2.24. The normalized spacial score (nSPS) is 22.7. The lowest BCUT2D eigenvalue weighted by atomic mass is 10.0. The molecule has 0 spiro atoms. The van der Waals surface area contributed by atoms with Gasteiger partial charge in [0.2, 0.25) is 0 Å². The average molecular weight is 338 g/mol. The molecule has 3 rings (SSSR count). The first kappa shape index (κ1) is 15.9. The smallest absolute Gasteiger partial charge is 0.269 e. The van der Waals surface area contributed by atoms with Crippen molar-refractivity contribution in [3.8, 4) is 0 Å². The summed E-state index contributed by atoms with van der Waals surface area (Å²) >= 11 is 0. The molecule has 0 radical (unpaired) electrons. The Morgan fingerprint density at radius 2 is 1.96 bits per heavy atom. The van der Waals surface area contributed by atoms with Gasteiger partial charge in [-0.15, -0.1) is 0 Å². The molecule has 1 saturated carbocycles. The van der Waals surface area contributed by atoms with E-state index in [-0.39, 0.29) is 35.2 Å². The van der Waals surface area contributed by atoms with E-state index in [0.717, 1.165) is 12.8 Å². The lowest BCUT2D eigenvalue weighted by Crippen LogP contribution is -2.43. The molecule has 7 nitrogen and oxygen atoms in total. The molecule has 1 aliphatic heterocycles. The third-order valence-corrected chi connectivity index (χ3v) is 6.18. The van der Waals surface area contributed by atoms with Crippen LogP contribution < -0.4 is 0 Å². The number of aryl methyl sites for hydroxylation is 1. The number of hydrogen-bond donors (Lipinski definition) is 0. The topological polar surface area (TPSA) is 97.6 Å². The fraction of sp³-hybridized carbons (Fsp3) is 0.533. The first-order valence-electron chi connectivity index (χ1n) is 7.56. The van der Waals surface area contributed by atoms with Gasteiger partial charge in [-0.2, -0.15) is 0 Å². The number of nitro benzene ring substituents is 1. The largest absolute Gasteiger partial charge is 0.332 e. The molecular formula is C15H18N2O5S. The second-order valence-corrected chi connectivity index (χ2v) is 8.49. The first-order chi connectivity index (χ1) is 10.8. The SMILES string of the molecule is Cc1cc([N+](=O)[O-])ccc1C(=O)N(C1CC1)C1CCS(=O)(=O)C1. The number of hydrogen-bond acceptors (Lipinski definition) is 5. The summed E-state index contributed by atoms with van der Waals surface area (Å²) in [7, 11) is -3.07. The van der Waals surface area contributed by atoms with Crippen LogP contribution in [-0.4, -0.2) is 47.7 Å². The Balaban J connectivity index is 1.89. The van der Waals surface area contributed by atoms with Gasteiger partial charge >= 0.3 is 0 Å². The van der Waals surface area contributed by atoms with Crippen LogP contribution in [0.3, 0.4) is 0 Å². The predicted molar refractivity (Wildman–Crippen MR) is 84.1 cm³/mol. The van der Waals surface area contributed by atoms with Gasteiger partial charge in [-0.25, -0.2) is 8.42 Å². The summed E-state index contributed by atoms with van der Waals surface area (Å²) in [5.41, 5.74) is 0.892. The Morgan fingerprint density at radius 1 is 1.26 bits per heavy atom. The summed E-state index contributed by atoms with van der Waals surface area (Å²) < 4.78 is 23.4. The zero-order valence-corrected chi connectivity index (χ0v) is 13.6. The highest BCUT2D eigenvalue weighted by atomic mass is 32.2. The van der Waals surface area contributed by atoms with Crippen molar-refractivity contribution in [2.24, 2.45) is 0 Å². The Kier molecular flexibility index (Phi) is 3.87. The van der Waals surface area contributed by atoms with Crippen LogP contribution in [0.25, 0.3) is 0 Å². The van der Waals surface area contributed by atoms with Gasteiger partial charge < -0.3 is 4.90 Å². The Hall–Kier alpha value is -1.96. The predicted octanol–water partition coefficient (Wildman–Crippen LogP) is 1.69. The molecule has 1 aliphatic carbocycles. The minimum absolute atomic E-state index is 0.0151. The molecule has 1 amide bonds. The van der Waals surface area contributed by atoms with E-state index in [1.807, 2.05) is 0 Å². The fourth-order valence-electron chi connectivity index (χ4n) is 3.12. The molecule has 0 N–H and O–H groups in total. The minimum atomic E-state index is -3.07. The van der Waals surface area contributed by atoms with Crippen molar-refractivity contribution in [3.63, 3.8) is 0 Å². The zero-order chi connectivity index (χ0) is 16.8. The number of nitrogens with zero attached hydrogens (tertiary/aromatic N) is 2. The highest BCUT2D eigenvalue weighted by molar-refractivity contribution is 7.91. The lowest BCUT2D eigenvalue weighted by molar-refractivity contribution is -0.384. The summed E-state index contributed by atoms with van der Waals surface area (Å²) in [6, 6.07) is 3.97. The van der Waals surface area contributed by atoms with Crippen LogP contribution in [0.1, 0.15) is 35.2 Å². The summed E-state index contributed by atoms with van der Waals surface area (Å²) in [5, 5.41) is 10.8. The molecule has 2 fully saturated rings. The molecule has 2 aliphatic rings. The van der Waals surface area contributed by atoms with E-state index in [1.165, 1.54) is 18.2 Å². The van der Waals surface area contributed by atoms with Crippen LogP contribution in [0.15, 0.2) is 18.2 Å². The number of non-ortho nitro benzene ring substituents is 1. The number of carbonyl (C=O) groups excluding carboxylic acids is 1. The highest BCUT2D eigenvalue weighted by Gasteiger charge is 2.42. The maximum Gasteiger partial charge on any atom is 0.269 e. The molecule has 8 heteroatoms. The van der Waals surface area contributed by atoms with E-state index in [9.17, 15) is 23.3 Å². The molecule has 23 heavy (non-hydrogen) atoms. The summed E-state index contributed by atoms with van der Waals surface area (Å²) in [4.78, 5) is 24.9. The minimum Gasteiger partial charge on any atom is -0.332 e. The van der Waals surface area contributed by atoms with E-state index in [2.05, 4.69) is 0 Å². The number of nitro groups is 1. The number of amides is 1. The Labute approximate surface area is 134 Å². The van der Waals surface area contributed by atoms with Crippen LogP contribution >= 0.6 is 0 Å². The maximum absolute atomic E-state index is 12.9. The van der Waals surface area contributed by atoms with Crippen LogP contribution in [-0.2, 0) is 9.84 Å². The van der Waals surface area contributed by atoms with Gasteiger partial charge in [0.1, 0.15) is 0 Å².